The number of nitrogens with one attached hydrogen (secondary N) is 1. The van der Waals surface area contributed by atoms with E-state index in [0.29, 0.717) is 16.5 Å². The third-order valence-corrected chi connectivity index (χ3v) is 6.82. The number of hydrogen-bond acceptors (Lipinski definition) is 2. The first kappa shape index (κ1) is 26.8. The summed E-state index contributed by atoms with van der Waals surface area (Å²) in [5.74, 6) is -0.291. The molecule has 0 aliphatic carbocycles. The Bertz CT molecular complexity index is 1130. The molecule has 4 nitrogen and oxygen atoms in total. The van der Waals surface area contributed by atoms with Gasteiger partial charge in [-0.2, -0.15) is 0 Å². The lowest BCUT2D eigenvalue weighted by atomic mass is 10.0. The van der Waals surface area contributed by atoms with Crippen LogP contribution in [0.1, 0.15) is 42.5 Å². The molecule has 1 N–H and O–H groups in total. The number of carbonyl (C=O) groups is 2. The van der Waals surface area contributed by atoms with Gasteiger partial charge in [-0.1, -0.05) is 96.4 Å². The van der Waals surface area contributed by atoms with Crippen LogP contribution in [0.25, 0.3) is 0 Å². The molecule has 3 aromatic carbocycles. The molecular formula is C29H32Cl2N2O2. The van der Waals surface area contributed by atoms with Crippen molar-refractivity contribution in [2.75, 3.05) is 0 Å². The fourth-order valence-corrected chi connectivity index (χ4v) is 4.13. The van der Waals surface area contributed by atoms with Gasteiger partial charge in [-0.3, -0.25) is 9.59 Å². The summed E-state index contributed by atoms with van der Waals surface area (Å²) in [6.07, 6.45) is 1.40. The van der Waals surface area contributed by atoms with Crippen molar-refractivity contribution in [3.05, 3.63) is 105 Å². The lowest BCUT2D eigenvalue weighted by molar-refractivity contribution is -0.141. The Kier molecular flexibility index (Phi) is 9.76. The molecule has 6 heteroatoms. The van der Waals surface area contributed by atoms with Gasteiger partial charge in [-0.05, 0) is 49.1 Å². The summed E-state index contributed by atoms with van der Waals surface area (Å²) in [6.45, 7) is 6.24. The summed E-state index contributed by atoms with van der Waals surface area (Å²) in [4.78, 5) is 28.9. The maximum absolute atomic E-state index is 13.7. The van der Waals surface area contributed by atoms with E-state index in [0.717, 1.165) is 28.7 Å². The number of rotatable bonds is 10. The van der Waals surface area contributed by atoms with E-state index < -0.39 is 6.04 Å². The van der Waals surface area contributed by atoms with Gasteiger partial charge in [0.15, 0.2) is 0 Å². The van der Waals surface area contributed by atoms with E-state index in [1.807, 2.05) is 81.4 Å². The Morgan fingerprint density at radius 1 is 0.886 bits per heavy atom. The Morgan fingerprint density at radius 2 is 1.54 bits per heavy atom. The number of aryl methyl sites for hydroxylation is 1. The Morgan fingerprint density at radius 3 is 2.17 bits per heavy atom. The summed E-state index contributed by atoms with van der Waals surface area (Å²) in [5, 5.41) is 3.95. The lowest BCUT2D eigenvalue weighted by Crippen LogP contribution is -2.52. The molecular weight excluding hydrogens is 479 g/mol. The second kappa shape index (κ2) is 12.8. The monoisotopic (exact) mass is 510 g/mol. The van der Waals surface area contributed by atoms with Crippen molar-refractivity contribution in [3.8, 4) is 0 Å². The van der Waals surface area contributed by atoms with Gasteiger partial charge in [-0.25, -0.2) is 0 Å². The van der Waals surface area contributed by atoms with E-state index in [9.17, 15) is 9.59 Å². The third kappa shape index (κ3) is 7.84. The van der Waals surface area contributed by atoms with Gasteiger partial charge >= 0.3 is 0 Å². The van der Waals surface area contributed by atoms with Crippen molar-refractivity contribution < 1.29 is 9.59 Å². The fraction of sp³-hybridized carbons (Fsp3) is 0.310. The summed E-state index contributed by atoms with van der Waals surface area (Å²) in [7, 11) is 0. The van der Waals surface area contributed by atoms with Crippen molar-refractivity contribution in [3.63, 3.8) is 0 Å². The zero-order valence-electron chi connectivity index (χ0n) is 20.4. The van der Waals surface area contributed by atoms with Gasteiger partial charge in [-0.15, -0.1) is 0 Å². The van der Waals surface area contributed by atoms with Crippen LogP contribution >= 0.6 is 23.2 Å². The first-order valence-electron chi connectivity index (χ1n) is 11.9. The minimum atomic E-state index is -0.682. The summed E-state index contributed by atoms with van der Waals surface area (Å²) in [6, 6.07) is 22.3. The van der Waals surface area contributed by atoms with Gasteiger partial charge in [0, 0.05) is 19.0 Å². The van der Waals surface area contributed by atoms with Gasteiger partial charge in [0.25, 0.3) is 0 Å². The quantitative estimate of drug-likeness (QED) is 0.343. The van der Waals surface area contributed by atoms with E-state index in [1.165, 1.54) is 0 Å². The van der Waals surface area contributed by atoms with Crippen LogP contribution in [0.3, 0.4) is 0 Å². The van der Waals surface area contributed by atoms with E-state index in [2.05, 4.69) is 5.32 Å². The van der Waals surface area contributed by atoms with Crippen LogP contribution in [0.4, 0.5) is 0 Å². The first-order chi connectivity index (χ1) is 16.8. The van der Waals surface area contributed by atoms with E-state index >= 15 is 0 Å². The number of amides is 2. The molecule has 0 saturated carbocycles. The Balaban J connectivity index is 1.98. The Hall–Kier alpha value is -2.82. The number of carbonyl (C=O) groups excluding carboxylic acids is 2. The lowest BCUT2D eigenvalue weighted by Gasteiger charge is -2.32. The summed E-state index contributed by atoms with van der Waals surface area (Å²) < 4.78 is 0. The molecule has 0 aromatic heterocycles. The minimum Gasteiger partial charge on any atom is -0.352 e. The molecule has 35 heavy (non-hydrogen) atoms. The molecule has 0 bridgehead atoms. The van der Waals surface area contributed by atoms with Crippen LogP contribution < -0.4 is 5.32 Å². The number of benzene rings is 3. The molecule has 3 rings (SSSR count). The van der Waals surface area contributed by atoms with E-state index in [1.54, 1.807) is 17.0 Å². The fourth-order valence-electron chi connectivity index (χ4n) is 3.81. The average Bonchev–Trinajstić information content (AvgIpc) is 2.85. The molecule has 2 amide bonds. The molecule has 0 fully saturated rings. The highest BCUT2D eigenvalue weighted by atomic mass is 35.5. The molecule has 3 aromatic rings. The van der Waals surface area contributed by atoms with Crippen molar-refractivity contribution in [2.24, 2.45) is 0 Å². The predicted molar refractivity (Wildman–Crippen MR) is 144 cm³/mol. The summed E-state index contributed by atoms with van der Waals surface area (Å²) in [5.41, 5.74) is 3.83. The van der Waals surface area contributed by atoms with Crippen molar-refractivity contribution >= 4 is 35.0 Å². The van der Waals surface area contributed by atoms with Crippen molar-refractivity contribution in [2.45, 2.75) is 58.7 Å². The van der Waals surface area contributed by atoms with Crippen LogP contribution in [0.5, 0.6) is 0 Å². The van der Waals surface area contributed by atoms with Crippen LogP contribution in [-0.4, -0.2) is 28.8 Å². The average molecular weight is 511 g/mol. The molecule has 0 saturated heterocycles. The topological polar surface area (TPSA) is 49.4 Å². The maximum Gasteiger partial charge on any atom is 0.243 e. The normalized spacial score (nSPS) is 12.6. The molecule has 0 aliphatic rings. The second-order valence-corrected chi connectivity index (χ2v) is 9.77. The highest BCUT2D eigenvalue weighted by Gasteiger charge is 2.31. The van der Waals surface area contributed by atoms with Crippen LogP contribution in [0, 0.1) is 6.92 Å². The highest BCUT2D eigenvalue weighted by Crippen LogP contribution is 2.25. The standard InChI is InChI=1S/C29H32Cl2N2O2/c1-4-21(3)32-29(35)27(17-22-8-6-5-7-9-22)33(19-24-14-15-25(30)26(31)16-24)28(34)18-23-12-10-20(2)11-13-23/h5-16,21,27H,4,17-19H2,1-3H3,(H,32,35)/t21-,27-/m0/s1. The zero-order valence-corrected chi connectivity index (χ0v) is 21.9. The van der Waals surface area contributed by atoms with Crippen LogP contribution in [0.2, 0.25) is 10.0 Å². The number of halogens is 2. The van der Waals surface area contributed by atoms with Crippen molar-refractivity contribution in [1.82, 2.24) is 10.2 Å². The zero-order chi connectivity index (χ0) is 25.4. The first-order valence-corrected chi connectivity index (χ1v) is 12.7. The molecule has 0 unspecified atom stereocenters. The second-order valence-electron chi connectivity index (χ2n) is 8.96. The van der Waals surface area contributed by atoms with Gasteiger partial charge in [0.2, 0.25) is 11.8 Å². The minimum absolute atomic E-state index is 0.000185. The SMILES string of the molecule is CC[C@H](C)NC(=O)[C@H](Cc1ccccc1)N(Cc1ccc(Cl)c(Cl)c1)C(=O)Cc1ccc(C)cc1. The third-order valence-electron chi connectivity index (χ3n) is 6.09. The molecule has 0 spiro atoms. The molecule has 0 heterocycles. The highest BCUT2D eigenvalue weighted by molar-refractivity contribution is 6.42. The van der Waals surface area contributed by atoms with E-state index in [4.69, 9.17) is 23.2 Å². The van der Waals surface area contributed by atoms with Gasteiger partial charge in [0.1, 0.15) is 6.04 Å². The molecule has 184 valence electrons. The van der Waals surface area contributed by atoms with Crippen LogP contribution in [-0.2, 0) is 29.0 Å². The Labute approximate surface area is 218 Å². The molecule has 0 radical (unpaired) electrons. The maximum atomic E-state index is 13.7. The number of nitrogens with zero attached hydrogens (tertiary/aromatic N) is 1. The predicted octanol–water partition coefficient (Wildman–Crippen LogP) is 6.40. The summed E-state index contributed by atoms with van der Waals surface area (Å²) >= 11 is 12.4. The van der Waals surface area contributed by atoms with Crippen LogP contribution in [0.15, 0.2) is 72.8 Å². The molecule has 0 aliphatic heterocycles. The van der Waals surface area contributed by atoms with Gasteiger partial charge in [0.05, 0.1) is 16.5 Å². The van der Waals surface area contributed by atoms with Gasteiger partial charge < -0.3 is 10.2 Å². The largest absolute Gasteiger partial charge is 0.352 e. The van der Waals surface area contributed by atoms with Crippen molar-refractivity contribution in [1.29, 1.82) is 0 Å². The number of hydrogen-bond donors (Lipinski definition) is 1. The van der Waals surface area contributed by atoms with E-state index in [-0.39, 0.29) is 30.8 Å². The smallest absolute Gasteiger partial charge is 0.243 e. The molecule has 2 atom stereocenters.